The Labute approximate surface area is 208 Å². The van der Waals surface area contributed by atoms with E-state index in [-0.39, 0.29) is 19.8 Å². The molecule has 0 aliphatic heterocycles. The molecule has 4 rings (SSSR count). The van der Waals surface area contributed by atoms with Crippen LogP contribution in [-0.2, 0) is 19.8 Å². The number of ether oxygens (including phenoxy) is 1. The number of hydrogen-bond acceptors (Lipinski definition) is 6. The summed E-state index contributed by atoms with van der Waals surface area (Å²) < 4.78 is 20.8. The Hall–Kier alpha value is -4.72. The van der Waals surface area contributed by atoms with E-state index >= 15 is 0 Å². The molecule has 7 heteroatoms. The van der Waals surface area contributed by atoms with E-state index in [1.165, 1.54) is 6.07 Å². The predicted octanol–water partition coefficient (Wildman–Crippen LogP) is 5.62. The van der Waals surface area contributed by atoms with E-state index in [4.69, 9.17) is 15.3 Å². The number of halogens is 1. The number of rotatable bonds is 8. The van der Waals surface area contributed by atoms with Crippen LogP contribution in [0.25, 0.3) is 11.1 Å². The third kappa shape index (κ3) is 5.50. The fraction of sp³-hybridized carbons (Fsp3) is 0.138. The number of nitriles is 2. The number of hydrogen-bond donors (Lipinski definition) is 2. The van der Waals surface area contributed by atoms with Crippen LogP contribution in [-0.4, -0.2) is 10.1 Å². The van der Waals surface area contributed by atoms with Gasteiger partial charge in [0.1, 0.15) is 18.2 Å². The minimum absolute atomic E-state index is 0.240. The normalized spacial score (nSPS) is 10.4. The maximum absolute atomic E-state index is 14.8. The highest BCUT2D eigenvalue weighted by Crippen LogP contribution is 2.29. The highest BCUT2D eigenvalue weighted by Gasteiger charge is 2.15. The fourth-order valence-corrected chi connectivity index (χ4v) is 3.79. The number of benzene rings is 3. The van der Waals surface area contributed by atoms with Crippen LogP contribution in [0, 0.1) is 35.4 Å². The van der Waals surface area contributed by atoms with Crippen LogP contribution in [0.2, 0.25) is 0 Å². The lowest BCUT2D eigenvalue weighted by Crippen LogP contribution is -2.09. The number of aliphatic hydroxyl groups excluding tert-OH is 1. The quantitative estimate of drug-likeness (QED) is 0.341. The van der Waals surface area contributed by atoms with Crippen molar-refractivity contribution < 1.29 is 14.2 Å². The van der Waals surface area contributed by atoms with Gasteiger partial charge in [-0.3, -0.25) is 4.98 Å². The summed E-state index contributed by atoms with van der Waals surface area (Å²) >= 11 is 0. The summed E-state index contributed by atoms with van der Waals surface area (Å²) in [6.45, 7) is 2.03. The summed E-state index contributed by atoms with van der Waals surface area (Å²) in [4.78, 5) is 4.39. The lowest BCUT2D eigenvalue weighted by atomic mass is 10.0. The van der Waals surface area contributed by atoms with Crippen LogP contribution in [0.15, 0.2) is 72.9 Å². The molecule has 0 fully saturated rings. The predicted molar refractivity (Wildman–Crippen MR) is 134 cm³/mol. The molecule has 1 aromatic heterocycles. The molecule has 0 spiro atoms. The number of pyridine rings is 1. The summed E-state index contributed by atoms with van der Waals surface area (Å²) in [6.07, 6.45) is 1.64. The monoisotopic (exact) mass is 478 g/mol. The molecule has 1 heterocycles. The van der Waals surface area contributed by atoms with Gasteiger partial charge in [-0.2, -0.15) is 10.5 Å². The fourth-order valence-electron chi connectivity index (χ4n) is 3.79. The molecule has 0 radical (unpaired) electrons. The first-order valence-corrected chi connectivity index (χ1v) is 11.3. The molecular weight excluding hydrogens is 455 g/mol. The Bertz CT molecular complexity index is 1450. The summed E-state index contributed by atoms with van der Waals surface area (Å²) in [7, 11) is 0. The Morgan fingerprint density at radius 3 is 2.19 bits per heavy atom. The zero-order valence-corrected chi connectivity index (χ0v) is 19.6. The van der Waals surface area contributed by atoms with Crippen molar-refractivity contribution in [3.05, 3.63) is 112 Å². The minimum Gasteiger partial charge on any atom is -0.487 e. The second kappa shape index (κ2) is 11.1. The van der Waals surface area contributed by atoms with Gasteiger partial charge in [-0.1, -0.05) is 30.3 Å². The molecule has 0 saturated heterocycles. The van der Waals surface area contributed by atoms with Crippen molar-refractivity contribution in [1.82, 2.24) is 4.98 Å². The van der Waals surface area contributed by atoms with E-state index < -0.39 is 5.82 Å². The van der Waals surface area contributed by atoms with E-state index in [2.05, 4.69) is 22.4 Å². The largest absolute Gasteiger partial charge is 0.487 e. The molecule has 178 valence electrons. The van der Waals surface area contributed by atoms with Gasteiger partial charge in [0.25, 0.3) is 0 Å². The smallest absolute Gasteiger partial charge is 0.146 e. The molecule has 4 aromatic rings. The average molecular weight is 479 g/mol. The molecule has 0 amide bonds. The lowest BCUT2D eigenvalue weighted by Gasteiger charge is -2.17. The van der Waals surface area contributed by atoms with Crippen molar-refractivity contribution in [1.29, 1.82) is 10.5 Å². The van der Waals surface area contributed by atoms with Gasteiger partial charge in [-0.25, -0.2) is 4.39 Å². The van der Waals surface area contributed by atoms with E-state index in [0.717, 1.165) is 11.1 Å². The van der Waals surface area contributed by atoms with E-state index in [0.29, 0.717) is 44.9 Å². The second-order valence-corrected chi connectivity index (χ2v) is 8.17. The third-order valence-corrected chi connectivity index (χ3v) is 5.81. The maximum Gasteiger partial charge on any atom is 0.146 e. The number of aromatic nitrogens is 1. The molecule has 3 aromatic carbocycles. The molecule has 0 aliphatic rings. The number of nitrogens with one attached hydrogen (secondary N) is 1. The van der Waals surface area contributed by atoms with Crippen LogP contribution >= 0.6 is 0 Å². The summed E-state index contributed by atoms with van der Waals surface area (Å²) in [5, 5.41) is 31.0. The Morgan fingerprint density at radius 2 is 1.58 bits per heavy atom. The molecular formula is C29H23FN4O2. The van der Waals surface area contributed by atoms with Gasteiger partial charge in [0, 0.05) is 18.3 Å². The Balaban J connectivity index is 1.48. The number of nitrogens with zero attached hydrogens (tertiary/aromatic N) is 3. The molecule has 6 nitrogen and oxygen atoms in total. The van der Waals surface area contributed by atoms with Crippen LogP contribution in [0.1, 0.15) is 33.5 Å². The number of aliphatic hydroxyl groups is 1. The SMILES string of the molecule is Cc1ncc(CNc2ccc(-c3ccc(C#N)cc3)cc2F)c(CO)c1OCc1ccc(C#N)cc1. The van der Waals surface area contributed by atoms with Gasteiger partial charge in [0.05, 0.1) is 41.3 Å². The Kier molecular flexibility index (Phi) is 7.55. The van der Waals surface area contributed by atoms with E-state index in [1.807, 2.05) is 12.1 Å². The van der Waals surface area contributed by atoms with E-state index in [9.17, 15) is 9.50 Å². The molecule has 0 unspecified atom stereocenters. The first-order valence-electron chi connectivity index (χ1n) is 11.3. The summed E-state index contributed by atoms with van der Waals surface area (Å²) in [6, 6.07) is 23.1. The Morgan fingerprint density at radius 1 is 0.944 bits per heavy atom. The highest BCUT2D eigenvalue weighted by atomic mass is 19.1. The first-order chi connectivity index (χ1) is 17.5. The average Bonchev–Trinajstić information content (AvgIpc) is 2.92. The van der Waals surface area contributed by atoms with Crippen molar-refractivity contribution in [2.24, 2.45) is 0 Å². The van der Waals surface area contributed by atoms with Gasteiger partial charge in [-0.05, 0) is 65.6 Å². The summed E-state index contributed by atoms with van der Waals surface area (Å²) in [5.41, 5.74) is 5.73. The molecule has 0 saturated carbocycles. The van der Waals surface area contributed by atoms with Crippen molar-refractivity contribution in [2.75, 3.05) is 5.32 Å². The molecule has 36 heavy (non-hydrogen) atoms. The lowest BCUT2D eigenvalue weighted by molar-refractivity contribution is 0.256. The van der Waals surface area contributed by atoms with E-state index in [1.54, 1.807) is 61.7 Å². The molecule has 0 atom stereocenters. The van der Waals surface area contributed by atoms with Gasteiger partial charge in [0.2, 0.25) is 0 Å². The van der Waals surface area contributed by atoms with Crippen LogP contribution in [0.3, 0.4) is 0 Å². The standard InChI is InChI=1S/C29H23FN4O2/c1-19-29(36-18-22-4-2-20(13-31)3-5-22)26(17-35)25(15-33-19)16-34-28-11-10-24(12-27(28)30)23-8-6-21(14-32)7-9-23/h2-12,15,34-35H,16-18H2,1H3. The van der Waals surface area contributed by atoms with Gasteiger partial charge in [-0.15, -0.1) is 0 Å². The topological polar surface area (TPSA) is 102 Å². The minimum atomic E-state index is -0.417. The van der Waals surface area contributed by atoms with Crippen LogP contribution in [0.4, 0.5) is 10.1 Å². The van der Waals surface area contributed by atoms with Crippen molar-refractivity contribution >= 4 is 5.69 Å². The third-order valence-electron chi connectivity index (χ3n) is 5.81. The van der Waals surface area contributed by atoms with Gasteiger partial charge >= 0.3 is 0 Å². The number of anilines is 1. The molecule has 0 bridgehead atoms. The first kappa shape index (κ1) is 24.4. The van der Waals surface area contributed by atoms with Crippen LogP contribution in [0.5, 0.6) is 5.75 Å². The van der Waals surface area contributed by atoms with Crippen molar-refractivity contribution in [3.63, 3.8) is 0 Å². The van der Waals surface area contributed by atoms with Crippen LogP contribution < -0.4 is 10.1 Å². The van der Waals surface area contributed by atoms with Gasteiger partial charge in [0.15, 0.2) is 0 Å². The zero-order chi connectivity index (χ0) is 25.5. The van der Waals surface area contributed by atoms with Crippen molar-refractivity contribution in [2.45, 2.75) is 26.7 Å². The van der Waals surface area contributed by atoms with Gasteiger partial charge < -0.3 is 15.2 Å². The zero-order valence-electron chi connectivity index (χ0n) is 19.6. The summed E-state index contributed by atoms with van der Waals surface area (Å²) in [5.74, 6) is 0.0672. The second-order valence-electron chi connectivity index (χ2n) is 8.17. The molecule has 0 aliphatic carbocycles. The molecule has 2 N–H and O–H groups in total. The number of aryl methyl sites for hydroxylation is 1. The highest BCUT2D eigenvalue weighted by molar-refractivity contribution is 5.67. The maximum atomic E-state index is 14.8. The van der Waals surface area contributed by atoms with Crippen molar-refractivity contribution in [3.8, 4) is 29.0 Å².